The zero-order chi connectivity index (χ0) is 13.1. The number of thiocarbonyl (C=S) groups is 1. The summed E-state index contributed by atoms with van der Waals surface area (Å²) in [6, 6.07) is 0.860. The molecule has 0 atom stereocenters. The van der Waals surface area contributed by atoms with Gasteiger partial charge >= 0.3 is 8.80 Å². The molecular formula is C10H24N2O3SSi. The third-order valence-corrected chi connectivity index (χ3v) is 5.62. The van der Waals surface area contributed by atoms with Crippen LogP contribution in [0, 0.1) is 0 Å². The maximum atomic E-state index is 5.34. The van der Waals surface area contributed by atoms with Crippen molar-refractivity contribution >= 4 is 26.1 Å². The number of unbranched alkanes of at least 4 members (excludes halogenated alkanes) is 3. The van der Waals surface area contributed by atoms with Gasteiger partial charge in [0.2, 0.25) is 0 Å². The molecular weight excluding hydrogens is 256 g/mol. The highest BCUT2D eigenvalue weighted by atomic mass is 32.1. The molecule has 5 nitrogen and oxygen atoms in total. The van der Waals surface area contributed by atoms with Gasteiger partial charge in [0.1, 0.15) is 0 Å². The van der Waals surface area contributed by atoms with Crippen LogP contribution in [-0.4, -0.2) is 41.8 Å². The van der Waals surface area contributed by atoms with E-state index in [9.17, 15) is 0 Å². The van der Waals surface area contributed by atoms with E-state index in [0.29, 0.717) is 5.11 Å². The molecule has 7 heteroatoms. The van der Waals surface area contributed by atoms with Crippen molar-refractivity contribution in [3.05, 3.63) is 0 Å². The van der Waals surface area contributed by atoms with Gasteiger partial charge in [0.05, 0.1) is 0 Å². The molecule has 0 aromatic heterocycles. The van der Waals surface area contributed by atoms with E-state index in [2.05, 4.69) is 5.32 Å². The van der Waals surface area contributed by atoms with Crippen LogP contribution in [0.25, 0.3) is 0 Å². The Kier molecular flexibility index (Phi) is 9.66. The summed E-state index contributed by atoms with van der Waals surface area (Å²) in [6.45, 7) is 0.844. The van der Waals surface area contributed by atoms with E-state index in [4.69, 9.17) is 31.2 Å². The normalized spacial score (nSPS) is 11.5. The van der Waals surface area contributed by atoms with Gasteiger partial charge in [0.25, 0.3) is 0 Å². The maximum absolute atomic E-state index is 5.34. The van der Waals surface area contributed by atoms with Crippen molar-refractivity contribution in [1.29, 1.82) is 0 Å². The lowest BCUT2D eigenvalue weighted by atomic mass is 10.2. The quantitative estimate of drug-likeness (QED) is 0.357. The highest BCUT2D eigenvalue weighted by Crippen LogP contribution is 2.17. The van der Waals surface area contributed by atoms with Crippen LogP contribution in [0.1, 0.15) is 25.7 Å². The Morgan fingerprint density at radius 3 is 2.06 bits per heavy atom. The summed E-state index contributed by atoms with van der Waals surface area (Å²) in [6.07, 6.45) is 4.38. The summed E-state index contributed by atoms with van der Waals surface area (Å²) < 4.78 is 16.0. The number of nitrogens with one attached hydrogen (secondary N) is 1. The van der Waals surface area contributed by atoms with E-state index in [-0.39, 0.29) is 0 Å². The minimum absolute atomic E-state index is 0.370. The van der Waals surface area contributed by atoms with Crippen molar-refractivity contribution < 1.29 is 13.3 Å². The molecule has 0 aliphatic carbocycles. The lowest BCUT2D eigenvalue weighted by molar-refractivity contribution is 0.122. The van der Waals surface area contributed by atoms with Crippen LogP contribution in [-0.2, 0) is 13.3 Å². The van der Waals surface area contributed by atoms with E-state index in [0.717, 1.165) is 38.3 Å². The Hall–Kier alpha value is -0.213. The van der Waals surface area contributed by atoms with E-state index >= 15 is 0 Å². The maximum Gasteiger partial charge on any atom is 0.500 e. The third kappa shape index (κ3) is 7.66. The first kappa shape index (κ1) is 16.8. The zero-order valence-corrected chi connectivity index (χ0v) is 12.8. The van der Waals surface area contributed by atoms with E-state index in [1.165, 1.54) is 0 Å². The second-order valence-corrected chi connectivity index (χ2v) is 7.28. The Labute approximate surface area is 110 Å². The monoisotopic (exact) mass is 280 g/mol. The second-order valence-electron chi connectivity index (χ2n) is 3.75. The van der Waals surface area contributed by atoms with Crippen LogP contribution in [0.3, 0.4) is 0 Å². The molecule has 102 valence electrons. The van der Waals surface area contributed by atoms with Gasteiger partial charge in [-0.1, -0.05) is 12.8 Å². The number of hydrogen-bond acceptors (Lipinski definition) is 4. The molecule has 0 aromatic rings. The number of rotatable bonds is 10. The van der Waals surface area contributed by atoms with E-state index < -0.39 is 8.80 Å². The molecule has 0 amide bonds. The van der Waals surface area contributed by atoms with Crippen molar-refractivity contribution in [2.24, 2.45) is 5.73 Å². The van der Waals surface area contributed by atoms with Gasteiger partial charge in [-0.2, -0.15) is 0 Å². The molecule has 17 heavy (non-hydrogen) atoms. The van der Waals surface area contributed by atoms with Gasteiger partial charge in [-0.05, 0) is 25.1 Å². The van der Waals surface area contributed by atoms with Gasteiger partial charge < -0.3 is 24.3 Å². The van der Waals surface area contributed by atoms with Crippen LogP contribution in [0.5, 0.6) is 0 Å². The van der Waals surface area contributed by atoms with E-state index in [1.807, 2.05) is 0 Å². The highest BCUT2D eigenvalue weighted by molar-refractivity contribution is 7.80. The van der Waals surface area contributed by atoms with Crippen molar-refractivity contribution in [2.45, 2.75) is 31.7 Å². The Morgan fingerprint density at radius 1 is 1.06 bits per heavy atom. The summed E-state index contributed by atoms with van der Waals surface area (Å²) in [5.74, 6) is 0. The van der Waals surface area contributed by atoms with Gasteiger partial charge in [0.15, 0.2) is 5.11 Å². The minimum atomic E-state index is -2.36. The minimum Gasteiger partial charge on any atom is -0.377 e. The molecule has 3 N–H and O–H groups in total. The fourth-order valence-electron chi connectivity index (χ4n) is 1.59. The summed E-state index contributed by atoms with van der Waals surface area (Å²) in [7, 11) is 2.57. The van der Waals surface area contributed by atoms with Crippen molar-refractivity contribution in [1.82, 2.24) is 5.32 Å². The molecule has 0 heterocycles. The lowest BCUT2D eigenvalue weighted by Gasteiger charge is -2.24. The van der Waals surface area contributed by atoms with Crippen LogP contribution in [0.4, 0.5) is 0 Å². The molecule has 0 fully saturated rings. The van der Waals surface area contributed by atoms with Gasteiger partial charge in [0, 0.05) is 33.9 Å². The molecule has 0 aromatic carbocycles. The first-order valence-electron chi connectivity index (χ1n) is 5.79. The Bertz CT molecular complexity index is 207. The average Bonchev–Trinajstić information content (AvgIpc) is 2.33. The summed E-state index contributed by atoms with van der Waals surface area (Å²) in [4.78, 5) is 0. The molecule has 0 aliphatic heterocycles. The molecule has 0 saturated carbocycles. The summed E-state index contributed by atoms with van der Waals surface area (Å²) >= 11 is 4.71. The summed E-state index contributed by atoms with van der Waals surface area (Å²) in [5, 5.41) is 3.30. The Balaban J connectivity index is 3.52. The predicted octanol–water partition coefficient (Wildman–Crippen LogP) is 1.26. The Morgan fingerprint density at radius 2 is 1.59 bits per heavy atom. The smallest absolute Gasteiger partial charge is 0.377 e. The number of hydrogen-bond donors (Lipinski definition) is 2. The van der Waals surface area contributed by atoms with Gasteiger partial charge in [-0.25, -0.2) is 0 Å². The van der Waals surface area contributed by atoms with Gasteiger partial charge in [-0.3, -0.25) is 0 Å². The average molecular weight is 280 g/mol. The zero-order valence-electron chi connectivity index (χ0n) is 11.0. The fraction of sp³-hybridized carbons (Fsp3) is 0.900. The first-order chi connectivity index (χ1) is 8.10. The topological polar surface area (TPSA) is 65.7 Å². The first-order valence-corrected chi connectivity index (χ1v) is 8.13. The number of nitrogens with two attached hydrogens (primary N) is 1. The van der Waals surface area contributed by atoms with Crippen LogP contribution < -0.4 is 11.1 Å². The van der Waals surface area contributed by atoms with Gasteiger partial charge in [-0.15, -0.1) is 0 Å². The van der Waals surface area contributed by atoms with Crippen molar-refractivity contribution in [2.75, 3.05) is 27.9 Å². The standard InChI is InChI=1S/C10H24N2O3SSi/c1-13-17(14-2,15-3)9-7-5-4-6-8-12-10(11)16/h4-9H2,1-3H3,(H3,11,12,16). The SMILES string of the molecule is CO[Si](CCCCCCNC(N)=S)(OC)OC. The molecule has 0 radical (unpaired) electrons. The fourth-order valence-corrected chi connectivity index (χ4v) is 3.49. The molecule has 0 spiro atoms. The van der Waals surface area contributed by atoms with Crippen LogP contribution >= 0.6 is 12.2 Å². The third-order valence-electron chi connectivity index (χ3n) is 2.64. The highest BCUT2D eigenvalue weighted by Gasteiger charge is 2.36. The largest absolute Gasteiger partial charge is 0.500 e. The van der Waals surface area contributed by atoms with E-state index in [1.54, 1.807) is 21.3 Å². The molecule has 0 rings (SSSR count). The molecule has 0 bridgehead atoms. The van der Waals surface area contributed by atoms with Crippen molar-refractivity contribution in [3.8, 4) is 0 Å². The summed E-state index contributed by atoms with van der Waals surface area (Å²) in [5.41, 5.74) is 5.32. The van der Waals surface area contributed by atoms with Crippen LogP contribution in [0.2, 0.25) is 6.04 Å². The molecule has 0 aliphatic rings. The molecule has 0 unspecified atom stereocenters. The second kappa shape index (κ2) is 9.78. The predicted molar refractivity (Wildman–Crippen MR) is 74.8 cm³/mol. The molecule has 0 saturated heterocycles. The lowest BCUT2D eigenvalue weighted by Crippen LogP contribution is -2.42. The van der Waals surface area contributed by atoms with Crippen LogP contribution in [0.15, 0.2) is 0 Å². The van der Waals surface area contributed by atoms with Crippen molar-refractivity contribution in [3.63, 3.8) is 0 Å².